The summed E-state index contributed by atoms with van der Waals surface area (Å²) in [5.41, 5.74) is 15.0. The quantitative estimate of drug-likeness (QED) is 0.613. The Morgan fingerprint density at radius 3 is 2.76 bits per heavy atom. The highest BCUT2D eigenvalue weighted by molar-refractivity contribution is 6.03. The molecule has 8 heteroatoms. The summed E-state index contributed by atoms with van der Waals surface area (Å²) in [4.78, 5) is 12.2. The molecule has 0 unspecified atom stereocenters. The zero-order valence-electron chi connectivity index (χ0n) is 16.2. The lowest BCUT2D eigenvalue weighted by atomic mass is 9.65. The molecule has 1 aromatic carbocycles. The van der Waals surface area contributed by atoms with Crippen LogP contribution in [0.3, 0.4) is 0 Å². The van der Waals surface area contributed by atoms with Crippen LogP contribution in [0.4, 0.5) is 5.82 Å². The molecule has 8 nitrogen and oxygen atoms in total. The summed E-state index contributed by atoms with van der Waals surface area (Å²) in [5.74, 6) is -0.203. The molecule has 1 aliphatic carbocycles. The molecule has 1 saturated carbocycles. The van der Waals surface area contributed by atoms with Crippen LogP contribution in [0.1, 0.15) is 41.2 Å². The molecule has 3 aromatic rings. The number of primary amides is 1. The summed E-state index contributed by atoms with van der Waals surface area (Å²) in [6.45, 7) is 2.76. The Bertz CT molecular complexity index is 1040. The van der Waals surface area contributed by atoms with Crippen molar-refractivity contribution in [1.29, 1.82) is 0 Å². The van der Waals surface area contributed by atoms with Gasteiger partial charge in [-0.15, -0.1) is 0 Å². The van der Waals surface area contributed by atoms with Gasteiger partial charge in [-0.25, -0.2) is 4.68 Å². The predicted octanol–water partition coefficient (Wildman–Crippen LogP) is 1.79. The van der Waals surface area contributed by atoms with Gasteiger partial charge in [-0.3, -0.25) is 9.48 Å². The fourth-order valence-corrected chi connectivity index (χ4v) is 4.77. The van der Waals surface area contributed by atoms with Crippen LogP contribution >= 0.6 is 0 Å². The van der Waals surface area contributed by atoms with Gasteiger partial charge in [0.05, 0.1) is 18.8 Å². The van der Waals surface area contributed by atoms with Crippen molar-refractivity contribution in [3.05, 3.63) is 53.9 Å². The second kappa shape index (κ2) is 6.73. The van der Waals surface area contributed by atoms with Gasteiger partial charge in [0.25, 0.3) is 5.91 Å². The Kier molecular flexibility index (Phi) is 4.16. The van der Waals surface area contributed by atoms with E-state index in [4.69, 9.17) is 16.6 Å². The first kappa shape index (κ1) is 17.9. The number of amides is 1. The summed E-state index contributed by atoms with van der Waals surface area (Å²) >= 11 is 0. The first-order valence-corrected chi connectivity index (χ1v) is 10.00. The van der Waals surface area contributed by atoms with E-state index in [2.05, 4.69) is 10.4 Å². The van der Waals surface area contributed by atoms with Gasteiger partial charge < -0.3 is 16.8 Å². The highest BCUT2D eigenvalue weighted by Gasteiger charge is 2.48. The summed E-state index contributed by atoms with van der Waals surface area (Å²) in [7, 11) is 0. The minimum atomic E-state index is -0.559. The molecule has 5 N–H and O–H groups in total. The minimum Gasteiger partial charge on any atom is -0.383 e. The lowest BCUT2D eigenvalue weighted by Crippen LogP contribution is -2.40. The molecule has 1 amide bonds. The number of anilines is 1. The largest absolute Gasteiger partial charge is 0.383 e. The number of carbonyl (C=O) groups is 1. The molecule has 0 bridgehead atoms. The average molecular weight is 391 g/mol. The van der Waals surface area contributed by atoms with Gasteiger partial charge in [-0.05, 0) is 36.8 Å². The van der Waals surface area contributed by atoms with Gasteiger partial charge in [-0.2, -0.15) is 10.2 Å². The smallest absolute Gasteiger partial charge is 0.254 e. The molecular formula is C21H25N7O. The lowest BCUT2D eigenvalue weighted by molar-refractivity contribution is 0.0774. The third-order valence-electron chi connectivity index (χ3n) is 6.30. The summed E-state index contributed by atoms with van der Waals surface area (Å²) < 4.78 is 3.63. The van der Waals surface area contributed by atoms with Crippen LogP contribution in [0, 0.1) is 5.41 Å². The molecule has 1 aliphatic heterocycles. The zero-order chi connectivity index (χ0) is 20.0. The SMILES string of the molecule is NC(=O)c1c(-c2cnn(Cc3ccccc3)c2)nn(C2CC3(CCNC3)C2)c1N. The highest BCUT2D eigenvalue weighted by Crippen LogP contribution is 2.53. The van der Waals surface area contributed by atoms with Crippen molar-refractivity contribution in [3.8, 4) is 11.3 Å². The molecule has 5 rings (SSSR count). The molecule has 1 spiro atoms. The third-order valence-corrected chi connectivity index (χ3v) is 6.30. The monoisotopic (exact) mass is 391 g/mol. The maximum Gasteiger partial charge on any atom is 0.254 e. The van der Waals surface area contributed by atoms with Crippen molar-refractivity contribution in [2.45, 2.75) is 31.8 Å². The second-order valence-corrected chi connectivity index (χ2v) is 8.32. The Hall–Kier alpha value is -3.13. The molecule has 150 valence electrons. The number of aromatic nitrogens is 4. The van der Waals surface area contributed by atoms with Crippen molar-refractivity contribution < 1.29 is 4.79 Å². The first-order chi connectivity index (χ1) is 14.0. The van der Waals surface area contributed by atoms with E-state index in [1.54, 1.807) is 10.9 Å². The predicted molar refractivity (Wildman–Crippen MR) is 110 cm³/mol. The topological polar surface area (TPSA) is 117 Å². The number of carbonyl (C=O) groups excluding carboxylic acids is 1. The van der Waals surface area contributed by atoms with Gasteiger partial charge in [0.15, 0.2) is 0 Å². The number of nitrogens with zero attached hydrogens (tertiary/aromatic N) is 4. The molecule has 3 heterocycles. The maximum absolute atomic E-state index is 12.2. The van der Waals surface area contributed by atoms with Crippen LogP contribution in [0.15, 0.2) is 42.7 Å². The molecule has 2 aromatic heterocycles. The summed E-state index contributed by atoms with van der Waals surface area (Å²) in [6, 6.07) is 10.3. The number of nitrogens with one attached hydrogen (secondary N) is 1. The summed E-state index contributed by atoms with van der Waals surface area (Å²) in [6.07, 6.45) is 6.83. The average Bonchev–Trinajstić information content (AvgIpc) is 3.39. The van der Waals surface area contributed by atoms with Gasteiger partial charge in [0, 0.05) is 18.3 Å². The Labute approximate surface area is 168 Å². The van der Waals surface area contributed by atoms with Crippen LogP contribution in [0.25, 0.3) is 11.3 Å². The van der Waals surface area contributed by atoms with Crippen molar-refractivity contribution in [2.24, 2.45) is 11.1 Å². The molecule has 0 radical (unpaired) electrons. The van der Waals surface area contributed by atoms with E-state index in [0.29, 0.717) is 23.5 Å². The number of hydrogen-bond donors (Lipinski definition) is 3. The van der Waals surface area contributed by atoms with Crippen LogP contribution in [-0.4, -0.2) is 38.6 Å². The molecular weight excluding hydrogens is 366 g/mol. The molecule has 0 atom stereocenters. The molecule has 1 saturated heterocycles. The van der Waals surface area contributed by atoms with Crippen LogP contribution in [-0.2, 0) is 6.54 Å². The summed E-state index contributed by atoms with van der Waals surface area (Å²) in [5, 5.41) is 12.6. The second-order valence-electron chi connectivity index (χ2n) is 8.32. The number of nitrogens with two attached hydrogens (primary N) is 2. The third kappa shape index (κ3) is 3.09. The fourth-order valence-electron chi connectivity index (χ4n) is 4.77. The Morgan fingerprint density at radius 1 is 1.28 bits per heavy atom. The Balaban J connectivity index is 1.43. The van der Waals surface area contributed by atoms with Gasteiger partial charge in [-0.1, -0.05) is 30.3 Å². The van der Waals surface area contributed by atoms with Crippen LogP contribution in [0.5, 0.6) is 0 Å². The molecule has 29 heavy (non-hydrogen) atoms. The van der Waals surface area contributed by atoms with Crippen molar-refractivity contribution in [2.75, 3.05) is 18.8 Å². The van der Waals surface area contributed by atoms with Crippen molar-refractivity contribution in [3.63, 3.8) is 0 Å². The molecule has 2 fully saturated rings. The number of nitrogen functional groups attached to an aromatic ring is 1. The normalized spacial score (nSPS) is 23.4. The minimum absolute atomic E-state index is 0.209. The first-order valence-electron chi connectivity index (χ1n) is 10.00. The van der Waals surface area contributed by atoms with Crippen molar-refractivity contribution in [1.82, 2.24) is 24.9 Å². The van der Waals surface area contributed by atoms with E-state index >= 15 is 0 Å². The maximum atomic E-state index is 12.2. The molecule has 2 aliphatic rings. The zero-order valence-corrected chi connectivity index (χ0v) is 16.2. The van der Waals surface area contributed by atoms with Crippen LogP contribution < -0.4 is 16.8 Å². The highest BCUT2D eigenvalue weighted by atomic mass is 16.1. The van der Waals surface area contributed by atoms with Gasteiger partial charge >= 0.3 is 0 Å². The van der Waals surface area contributed by atoms with Gasteiger partial charge in [0.2, 0.25) is 0 Å². The van der Waals surface area contributed by atoms with E-state index in [1.165, 1.54) is 6.42 Å². The van der Waals surface area contributed by atoms with E-state index in [0.717, 1.165) is 37.1 Å². The number of hydrogen-bond acceptors (Lipinski definition) is 5. The van der Waals surface area contributed by atoms with E-state index < -0.39 is 5.91 Å². The lowest BCUT2D eigenvalue weighted by Gasteiger charge is -2.45. The van der Waals surface area contributed by atoms with Crippen LogP contribution in [0.2, 0.25) is 0 Å². The van der Waals surface area contributed by atoms with Gasteiger partial charge in [0.1, 0.15) is 17.1 Å². The number of benzene rings is 1. The van der Waals surface area contributed by atoms with E-state index in [-0.39, 0.29) is 11.6 Å². The van der Waals surface area contributed by atoms with E-state index in [1.807, 2.05) is 41.2 Å². The number of rotatable bonds is 5. The fraction of sp³-hybridized carbons (Fsp3) is 0.381. The van der Waals surface area contributed by atoms with Crippen molar-refractivity contribution >= 4 is 11.7 Å². The van der Waals surface area contributed by atoms with E-state index in [9.17, 15) is 4.79 Å². The Morgan fingerprint density at radius 2 is 2.07 bits per heavy atom. The standard InChI is InChI=1S/C21H25N7O/c22-19-17(20(23)29)18(26-28(19)16-8-21(9-16)6-7-24-13-21)15-10-25-27(12-15)11-14-4-2-1-3-5-14/h1-5,10,12,16,24H,6-9,11,13,22H2,(H2,23,29).